The molecule has 114 valence electrons. The molecule has 5 N–H and O–H groups in total. The van der Waals surface area contributed by atoms with Gasteiger partial charge in [0.05, 0.1) is 5.56 Å². The first-order valence-corrected chi connectivity index (χ1v) is 7.15. The Labute approximate surface area is 127 Å². The SMILES string of the molecule is N/C(=N/O)C1(NC(=O)c2ccc(Cl)cc2O)CCCCC1. The number of halogens is 1. The molecule has 1 amide bonds. The molecule has 1 aromatic carbocycles. The number of hydrogen-bond acceptors (Lipinski definition) is 4. The van der Waals surface area contributed by atoms with Crippen molar-refractivity contribution in [1.29, 1.82) is 0 Å². The van der Waals surface area contributed by atoms with Gasteiger partial charge in [-0.25, -0.2) is 0 Å². The van der Waals surface area contributed by atoms with Gasteiger partial charge in [0.2, 0.25) is 0 Å². The van der Waals surface area contributed by atoms with Gasteiger partial charge in [-0.15, -0.1) is 0 Å². The first-order valence-electron chi connectivity index (χ1n) is 6.77. The fourth-order valence-electron chi connectivity index (χ4n) is 2.68. The number of rotatable bonds is 3. The van der Waals surface area contributed by atoms with Crippen molar-refractivity contribution in [2.75, 3.05) is 0 Å². The Bertz CT molecular complexity index is 569. The van der Waals surface area contributed by atoms with E-state index < -0.39 is 11.4 Å². The monoisotopic (exact) mass is 311 g/mol. The number of nitrogens with two attached hydrogens (primary N) is 1. The third kappa shape index (κ3) is 3.21. The quantitative estimate of drug-likeness (QED) is 0.297. The van der Waals surface area contributed by atoms with Gasteiger partial charge in [0, 0.05) is 5.02 Å². The normalized spacial score (nSPS) is 18.2. The number of nitrogens with zero attached hydrogens (tertiary/aromatic N) is 1. The van der Waals surface area contributed by atoms with Crippen LogP contribution < -0.4 is 11.1 Å². The van der Waals surface area contributed by atoms with Crippen molar-refractivity contribution in [1.82, 2.24) is 5.32 Å². The lowest BCUT2D eigenvalue weighted by atomic mass is 9.80. The molecule has 0 radical (unpaired) electrons. The van der Waals surface area contributed by atoms with Gasteiger partial charge in [-0.1, -0.05) is 36.0 Å². The summed E-state index contributed by atoms with van der Waals surface area (Å²) < 4.78 is 0. The van der Waals surface area contributed by atoms with E-state index in [1.165, 1.54) is 18.2 Å². The molecule has 1 aromatic rings. The molecule has 21 heavy (non-hydrogen) atoms. The number of carbonyl (C=O) groups is 1. The molecule has 1 aliphatic carbocycles. The first-order chi connectivity index (χ1) is 9.98. The highest BCUT2D eigenvalue weighted by molar-refractivity contribution is 6.30. The molecule has 0 saturated heterocycles. The van der Waals surface area contributed by atoms with Crippen molar-refractivity contribution in [3.8, 4) is 5.75 Å². The highest BCUT2D eigenvalue weighted by atomic mass is 35.5. The van der Waals surface area contributed by atoms with Gasteiger partial charge in [0.15, 0.2) is 5.84 Å². The highest BCUT2D eigenvalue weighted by Gasteiger charge is 2.38. The van der Waals surface area contributed by atoms with Crippen molar-refractivity contribution in [2.45, 2.75) is 37.6 Å². The zero-order chi connectivity index (χ0) is 15.5. The number of amides is 1. The van der Waals surface area contributed by atoms with Crippen LogP contribution in [0.15, 0.2) is 23.4 Å². The largest absolute Gasteiger partial charge is 0.507 e. The predicted octanol–water partition coefficient (Wildman–Crippen LogP) is 2.22. The molecule has 0 aliphatic heterocycles. The van der Waals surface area contributed by atoms with Gasteiger partial charge in [0.25, 0.3) is 5.91 Å². The van der Waals surface area contributed by atoms with E-state index in [4.69, 9.17) is 22.5 Å². The molecule has 0 aromatic heterocycles. The second-order valence-corrected chi connectivity index (χ2v) is 5.68. The molecule has 0 bridgehead atoms. The Morgan fingerprint density at radius 2 is 2.00 bits per heavy atom. The minimum Gasteiger partial charge on any atom is -0.507 e. The maximum absolute atomic E-state index is 12.4. The minimum absolute atomic E-state index is 0.0102. The van der Waals surface area contributed by atoms with E-state index in [0.717, 1.165) is 19.3 Å². The summed E-state index contributed by atoms with van der Waals surface area (Å²) in [6.45, 7) is 0. The van der Waals surface area contributed by atoms with Gasteiger partial charge >= 0.3 is 0 Å². The van der Waals surface area contributed by atoms with Gasteiger partial charge < -0.3 is 21.4 Å². The highest BCUT2D eigenvalue weighted by Crippen LogP contribution is 2.30. The number of nitrogens with one attached hydrogen (secondary N) is 1. The van der Waals surface area contributed by atoms with Crippen LogP contribution in [0.4, 0.5) is 0 Å². The molecule has 1 saturated carbocycles. The van der Waals surface area contributed by atoms with E-state index in [9.17, 15) is 9.90 Å². The number of oxime groups is 1. The Morgan fingerprint density at radius 1 is 1.33 bits per heavy atom. The molecular weight excluding hydrogens is 294 g/mol. The van der Waals surface area contributed by atoms with Crippen LogP contribution in [0.3, 0.4) is 0 Å². The Morgan fingerprint density at radius 3 is 2.57 bits per heavy atom. The van der Waals surface area contributed by atoms with E-state index in [0.29, 0.717) is 17.9 Å². The van der Waals surface area contributed by atoms with Crippen LogP contribution in [0.2, 0.25) is 5.02 Å². The lowest BCUT2D eigenvalue weighted by molar-refractivity contribution is 0.0903. The summed E-state index contributed by atoms with van der Waals surface area (Å²) in [5.74, 6) is -0.688. The molecule has 0 unspecified atom stereocenters. The first kappa shape index (κ1) is 15.4. The summed E-state index contributed by atoms with van der Waals surface area (Å²) in [7, 11) is 0. The van der Waals surface area contributed by atoms with Crippen LogP contribution in [0.25, 0.3) is 0 Å². The summed E-state index contributed by atoms with van der Waals surface area (Å²) in [6.07, 6.45) is 4.00. The maximum atomic E-state index is 12.4. The summed E-state index contributed by atoms with van der Waals surface area (Å²) in [4.78, 5) is 12.4. The van der Waals surface area contributed by atoms with Crippen LogP contribution in [0.1, 0.15) is 42.5 Å². The van der Waals surface area contributed by atoms with Gasteiger partial charge in [-0.2, -0.15) is 0 Å². The third-order valence-corrected chi connectivity index (χ3v) is 4.10. The van der Waals surface area contributed by atoms with Crippen molar-refractivity contribution < 1.29 is 15.1 Å². The molecular formula is C14H18ClN3O3. The minimum atomic E-state index is -0.865. The smallest absolute Gasteiger partial charge is 0.255 e. The van der Waals surface area contributed by atoms with E-state index in [1.54, 1.807) is 0 Å². The number of hydrogen-bond donors (Lipinski definition) is 4. The number of carbonyl (C=O) groups excluding carboxylic acids is 1. The summed E-state index contributed by atoms with van der Waals surface area (Å²) >= 11 is 5.75. The van der Waals surface area contributed by atoms with Crippen molar-refractivity contribution in [2.24, 2.45) is 10.9 Å². The number of benzene rings is 1. The van der Waals surface area contributed by atoms with Crippen molar-refractivity contribution in [3.63, 3.8) is 0 Å². The standard InChI is InChI=1S/C14H18ClN3O3/c15-9-4-5-10(11(19)8-9)12(20)17-14(13(16)18-21)6-2-1-3-7-14/h4-5,8,19,21H,1-3,6-7H2,(H2,16,18)(H,17,20). The van der Waals surface area contributed by atoms with Crippen LogP contribution in [0.5, 0.6) is 5.75 Å². The van der Waals surface area contributed by atoms with Crippen LogP contribution in [0, 0.1) is 0 Å². The number of phenols is 1. The summed E-state index contributed by atoms with van der Waals surface area (Å²) in [5, 5.41) is 25.0. The number of phenolic OH excluding ortho intramolecular Hbond substituents is 1. The fourth-order valence-corrected chi connectivity index (χ4v) is 2.84. The third-order valence-electron chi connectivity index (χ3n) is 3.86. The van der Waals surface area contributed by atoms with E-state index in [1.807, 2.05) is 0 Å². The average molecular weight is 312 g/mol. The average Bonchev–Trinajstić information content (AvgIpc) is 2.47. The van der Waals surface area contributed by atoms with Crippen LogP contribution >= 0.6 is 11.6 Å². The van der Waals surface area contributed by atoms with Crippen LogP contribution in [-0.4, -0.2) is 27.6 Å². The second kappa shape index (κ2) is 6.22. The van der Waals surface area contributed by atoms with Gasteiger partial charge in [0.1, 0.15) is 11.3 Å². The van der Waals surface area contributed by atoms with Gasteiger partial charge in [-0.05, 0) is 31.0 Å². The van der Waals surface area contributed by atoms with E-state index in [-0.39, 0.29) is 17.1 Å². The van der Waals surface area contributed by atoms with E-state index >= 15 is 0 Å². The topological polar surface area (TPSA) is 108 Å². The maximum Gasteiger partial charge on any atom is 0.255 e. The van der Waals surface area contributed by atoms with E-state index in [2.05, 4.69) is 10.5 Å². The summed E-state index contributed by atoms with van der Waals surface area (Å²) in [6, 6.07) is 4.26. The molecule has 1 fully saturated rings. The molecule has 7 heteroatoms. The van der Waals surface area contributed by atoms with Crippen molar-refractivity contribution >= 4 is 23.3 Å². The number of aromatic hydroxyl groups is 1. The lowest BCUT2D eigenvalue weighted by Crippen LogP contribution is -2.58. The number of amidine groups is 1. The second-order valence-electron chi connectivity index (χ2n) is 5.24. The fraction of sp³-hybridized carbons (Fsp3) is 0.429. The molecule has 0 atom stereocenters. The molecule has 6 nitrogen and oxygen atoms in total. The molecule has 2 rings (SSSR count). The zero-order valence-corrected chi connectivity index (χ0v) is 12.2. The predicted molar refractivity (Wildman–Crippen MR) is 79.8 cm³/mol. The van der Waals surface area contributed by atoms with Gasteiger partial charge in [-0.3, -0.25) is 4.79 Å². The molecule has 1 aliphatic rings. The summed E-state index contributed by atoms with van der Waals surface area (Å²) in [5.41, 5.74) is 5.01. The van der Waals surface area contributed by atoms with Crippen molar-refractivity contribution in [3.05, 3.63) is 28.8 Å². The molecule has 0 heterocycles. The lowest BCUT2D eigenvalue weighted by Gasteiger charge is -2.36. The Balaban J connectivity index is 2.26. The Kier molecular flexibility index (Phi) is 4.57. The zero-order valence-electron chi connectivity index (χ0n) is 11.5. The van der Waals surface area contributed by atoms with Crippen LogP contribution in [-0.2, 0) is 0 Å². The Hall–Kier alpha value is -1.95. The molecule has 0 spiro atoms.